The monoisotopic (exact) mass is 210 g/mol. The largest absolute Gasteiger partial charge is 0.204 e. The zero-order valence-electron chi connectivity index (χ0n) is 8.54. The van der Waals surface area contributed by atoms with Crippen molar-refractivity contribution in [3.05, 3.63) is 54.6 Å². The Morgan fingerprint density at radius 3 is 2.06 bits per heavy atom. The summed E-state index contributed by atoms with van der Waals surface area (Å²) in [5.74, 6) is 0. The van der Waals surface area contributed by atoms with Crippen LogP contribution in [-0.4, -0.2) is 0 Å². The van der Waals surface area contributed by atoms with E-state index in [2.05, 4.69) is 15.3 Å². The minimum absolute atomic E-state index is 0.574. The molecule has 0 aliphatic rings. The number of azo groups is 1. The lowest BCUT2D eigenvalue weighted by atomic mass is 10.3. The van der Waals surface area contributed by atoms with Gasteiger partial charge in [-0.1, -0.05) is 24.3 Å². The Kier molecular flexibility index (Phi) is 3.13. The van der Waals surface area contributed by atoms with E-state index in [9.17, 15) is 0 Å². The molecule has 0 heterocycles. The van der Waals surface area contributed by atoms with Crippen LogP contribution in [0.3, 0.4) is 0 Å². The molecule has 0 aromatic heterocycles. The predicted molar refractivity (Wildman–Crippen MR) is 61.9 cm³/mol. The van der Waals surface area contributed by atoms with Gasteiger partial charge in [0.25, 0.3) is 0 Å². The maximum Gasteiger partial charge on any atom is 0.0879 e. The van der Waals surface area contributed by atoms with Crippen LogP contribution in [0.25, 0.3) is 0 Å². The van der Waals surface area contributed by atoms with Crippen molar-refractivity contribution in [2.75, 3.05) is 0 Å². The molecule has 0 bridgehead atoms. The Morgan fingerprint density at radius 1 is 0.688 bits per heavy atom. The lowest BCUT2D eigenvalue weighted by Gasteiger charge is -1.94. The summed E-state index contributed by atoms with van der Waals surface area (Å²) in [5, 5.41) is 11.5. The molecular formula is C12H10N4. The molecule has 78 valence electrons. The highest BCUT2D eigenvalue weighted by Crippen LogP contribution is 2.22. The van der Waals surface area contributed by atoms with Gasteiger partial charge in [0.1, 0.15) is 0 Å². The summed E-state index contributed by atoms with van der Waals surface area (Å²) in [4.78, 5) is 0. The topological polar surface area (TPSA) is 60.9 Å². The summed E-state index contributed by atoms with van der Waals surface area (Å²) < 4.78 is 0. The summed E-state index contributed by atoms with van der Waals surface area (Å²) in [6.45, 7) is 0. The zero-order valence-corrected chi connectivity index (χ0v) is 8.54. The van der Waals surface area contributed by atoms with Crippen LogP contribution in [0.2, 0.25) is 0 Å². The van der Waals surface area contributed by atoms with E-state index in [-0.39, 0.29) is 0 Å². The second-order valence-electron chi connectivity index (χ2n) is 3.17. The molecule has 4 heteroatoms. The van der Waals surface area contributed by atoms with Gasteiger partial charge in [0.2, 0.25) is 0 Å². The number of nitrogens with zero attached hydrogens (tertiary/aromatic N) is 3. The van der Waals surface area contributed by atoms with Crippen LogP contribution in [0.5, 0.6) is 0 Å². The summed E-state index contributed by atoms with van der Waals surface area (Å²) in [6, 6.07) is 16.6. The molecule has 2 rings (SSSR count). The molecule has 16 heavy (non-hydrogen) atoms. The summed E-state index contributed by atoms with van der Waals surface area (Å²) >= 11 is 0. The minimum Gasteiger partial charge on any atom is -0.204 e. The average Bonchev–Trinajstić information content (AvgIpc) is 2.38. The van der Waals surface area contributed by atoms with E-state index in [0.29, 0.717) is 11.4 Å². The summed E-state index contributed by atoms with van der Waals surface area (Å²) in [6.07, 6.45) is 0. The van der Waals surface area contributed by atoms with E-state index in [0.717, 1.165) is 5.69 Å². The Balaban J connectivity index is 2.20. The van der Waals surface area contributed by atoms with Crippen molar-refractivity contribution < 1.29 is 0 Å². The van der Waals surface area contributed by atoms with E-state index in [4.69, 9.17) is 5.53 Å². The quantitative estimate of drug-likeness (QED) is 0.709. The minimum atomic E-state index is 0.574. The lowest BCUT2D eigenvalue weighted by Crippen LogP contribution is -1.65. The molecular weight excluding hydrogens is 200 g/mol. The van der Waals surface area contributed by atoms with Gasteiger partial charge in [-0.05, 0) is 30.3 Å². The van der Waals surface area contributed by atoms with Crippen molar-refractivity contribution in [2.45, 2.75) is 0 Å². The lowest BCUT2D eigenvalue weighted by molar-refractivity contribution is 1.14. The second-order valence-corrected chi connectivity index (χ2v) is 3.17. The first-order valence-corrected chi connectivity index (χ1v) is 4.83. The van der Waals surface area contributed by atoms with E-state index in [1.54, 1.807) is 18.2 Å². The molecule has 0 spiro atoms. The Bertz CT molecular complexity index is 505. The first-order valence-electron chi connectivity index (χ1n) is 4.83. The normalized spacial score (nSPS) is 10.5. The van der Waals surface area contributed by atoms with Gasteiger partial charge in [0, 0.05) is 0 Å². The highest BCUT2D eigenvalue weighted by molar-refractivity contribution is 5.49. The molecule has 0 saturated heterocycles. The molecule has 2 aromatic carbocycles. The molecule has 1 N–H and O–H groups in total. The van der Waals surface area contributed by atoms with Crippen molar-refractivity contribution in [3.8, 4) is 0 Å². The summed E-state index contributed by atoms with van der Waals surface area (Å²) in [7, 11) is 0. The smallest absolute Gasteiger partial charge is 0.0879 e. The Morgan fingerprint density at radius 2 is 1.31 bits per heavy atom. The maximum atomic E-state index is 6.89. The molecule has 0 radical (unpaired) electrons. The second kappa shape index (κ2) is 4.93. The van der Waals surface area contributed by atoms with Crippen molar-refractivity contribution >= 4 is 17.1 Å². The standard InChI is InChI=1S/C12H10N4/c13-14-11-7-4-8-12(9-11)16-15-10-5-2-1-3-6-10/h1-9,13H. The van der Waals surface area contributed by atoms with Gasteiger partial charge in [-0.2, -0.15) is 15.3 Å². The molecule has 0 saturated carbocycles. The van der Waals surface area contributed by atoms with Crippen LogP contribution >= 0.6 is 0 Å². The predicted octanol–water partition coefficient (Wildman–Crippen LogP) is 4.76. The van der Waals surface area contributed by atoms with Gasteiger partial charge in [0.05, 0.1) is 17.1 Å². The van der Waals surface area contributed by atoms with Gasteiger partial charge in [-0.3, -0.25) is 0 Å². The van der Waals surface area contributed by atoms with Crippen molar-refractivity contribution in [1.82, 2.24) is 0 Å². The highest BCUT2D eigenvalue weighted by atomic mass is 15.1. The maximum absolute atomic E-state index is 6.89. The Labute approximate surface area is 93.2 Å². The number of benzene rings is 2. The fraction of sp³-hybridized carbons (Fsp3) is 0. The summed E-state index contributed by atoms with van der Waals surface area (Å²) in [5.41, 5.74) is 8.96. The van der Waals surface area contributed by atoms with Crippen LogP contribution < -0.4 is 0 Å². The molecule has 0 unspecified atom stereocenters. The van der Waals surface area contributed by atoms with Crippen LogP contribution in [0.15, 0.2) is 69.9 Å². The van der Waals surface area contributed by atoms with Crippen molar-refractivity contribution in [3.63, 3.8) is 0 Å². The van der Waals surface area contributed by atoms with E-state index in [1.165, 1.54) is 0 Å². The van der Waals surface area contributed by atoms with Crippen LogP contribution in [0.4, 0.5) is 17.1 Å². The van der Waals surface area contributed by atoms with Crippen molar-refractivity contribution in [1.29, 1.82) is 5.53 Å². The van der Waals surface area contributed by atoms with Gasteiger partial charge in [0.15, 0.2) is 0 Å². The van der Waals surface area contributed by atoms with Crippen molar-refractivity contribution in [2.24, 2.45) is 15.3 Å². The van der Waals surface area contributed by atoms with Crippen LogP contribution in [-0.2, 0) is 0 Å². The third kappa shape index (κ3) is 2.57. The van der Waals surface area contributed by atoms with Gasteiger partial charge >= 0.3 is 0 Å². The third-order valence-corrected chi connectivity index (χ3v) is 2.00. The Hall–Kier alpha value is -2.36. The fourth-order valence-corrected chi connectivity index (χ4v) is 1.23. The van der Waals surface area contributed by atoms with Gasteiger partial charge in [-0.25, -0.2) is 5.53 Å². The molecule has 4 nitrogen and oxygen atoms in total. The van der Waals surface area contributed by atoms with E-state index < -0.39 is 0 Å². The van der Waals surface area contributed by atoms with Crippen LogP contribution in [0.1, 0.15) is 0 Å². The molecule has 0 aliphatic carbocycles. The van der Waals surface area contributed by atoms with Crippen LogP contribution in [0, 0.1) is 5.53 Å². The SMILES string of the molecule is N=Nc1cccc(N=Nc2ccccc2)c1. The first-order chi connectivity index (χ1) is 7.88. The zero-order chi connectivity index (χ0) is 11.2. The molecule has 2 aromatic rings. The molecule has 0 aliphatic heterocycles. The average molecular weight is 210 g/mol. The molecule has 0 fully saturated rings. The highest BCUT2D eigenvalue weighted by Gasteiger charge is 1.92. The van der Waals surface area contributed by atoms with E-state index in [1.807, 2.05) is 36.4 Å². The number of nitrogens with one attached hydrogen (secondary N) is 1. The van der Waals surface area contributed by atoms with Gasteiger partial charge < -0.3 is 0 Å². The fourth-order valence-electron chi connectivity index (χ4n) is 1.23. The van der Waals surface area contributed by atoms with E-state index >= 15 is 0 Å². The molecule has 0 atom stereocenters. The first kappa shape index (κ1) is 10.2. The number of rotatable bonds is 3. The van der Waals surface area contributed by atoms with Gasteiger partial charge in [-0.15, -0.1) is 0 Å². The molecule has 0 amide bonds. The number of hydrogen-bond donors (Lipinski definition) is 1. The third-order valence-electron chi connectivity index (χ3n) is 2.00. The number of hydrogen-bond acceptors (Lipinski definition) is 4.